The highest BCUT2D eigenvalue weighted by atomic mass is 16.5. The molecule has 0 aliphatic heterocycles. The Bertz CT molecular complexity index is 281. The molecule has 2 N–H and O–H groups in total. The minimum Gasteiger partial charge on any atom is -0.497 e. The third-order valence-electron chi connectivity index (χ3n) is 2.38. The molecule has 0 aromatic heterocycles. The Labute approximate surface area is 112 Å². The second kappa shape index (κ2) is 11.1. The predicted molar refractivity (Wildman–Crippen MR) is 79.4 cm³/mol. The van der Waals surface area contributed by atoms with Gasteiger partial charge in [0.25, 0.3) is 0 Å². The monoisotopic (exact) mass is 255 g/mol. The molecule has 0 radical (unpaired) electrons. The average Bonchev–Trinajstić information content (AvgIpc) is 2.42. The van der Waals surface area contributed by atoms with Crippen LogP contribution in [0.1, 0.15) is 33.3 Å². The van der Waals surface area contributed by atoms with Gasteiger partial charge in [0.2, 0.25) is 0 Å². The number of ether oxygens (including phenoxy) is 2. The Balaban J connectivity index is 0. The Hall–Kier alpha value is -1.06. The van der Waals surface area contributed by atoms with Gasteiger partial charge in [-0.25, -0.2) is 0 Å². The Morgan fingerprint density at radius 3 is 1.67 bits per heavy atom. The van der Waals surface area contributed by atoms with Crippen molar-refractivity contribution in [2.45, 2.75) is 33.1 Å². The highest BCUT2D eigenvalue weighted by Crippen LogP contribution is 2.23. The van der Waals surface area contributed by atoms with Gasteiger partial charge in [0.05, 0.1) is 7.11 Å². The molecule has 1 rings (SSSR count). The molecule has 1 aromatic carbocycles. The zero-order valence-corrected chi connectivity index (χ0v) is 12.9. The second-order valence-corrected chi connectivity index (χ2v) is 4.22. The van der Waals surface area contributed by atoms with Crippen molar-refractivity contribution in [1.82, 2.24) is 0 Å². The largest absolute Gasteiger partial charge is 0.497 e. The molecule has 0 aliphatic carbocycles. The molecule has 3 heteroatoms. The Morgan fingerprint density at radius 2 is 1.39 bits per heavy atom. The van der Waals surface area contributed by atoms with Crippen LogP contribution in [0.5, 0.6) is 5.75 Å². The molecule has 0 saturated carbocycles. The topological polar surface area (TPSA) is 44.5 Å². The maximum absolute atomic E-state index is 5.68. The highest BCUT2D eigenvalue weighted by molar-refractivity contribution is 5.31. The average molecular weight is 255 g/mol. The Kier molecular flexibility index (Phi) is 11.8. The van der Waals surface area contributed by atoms with Crippen molar-refractivity contribution in [3.63, 3.8) is 0 Å². The first-order valence-corrected chi connectivity index (χ1v) is 6.26. The predicted octanol–water partition coefficient (Wildman–Crippen LogP) is 3.22. The third-order valence-corrected chi connectivity index (χ3v) is 2.38. The van der Waals surface area contributed by atoms with Crippen LogP contribution < -0.4 is 10.5 Å². The lowest BCUT2D eigenvalue weighted by Crippen LogP contribution is -2.27. The van der Waals surface area contributed by atoms with Gasteiger partial charge in [-0.2, -0.15) is 0 Å². The second-order valence-electron chi connectivity index (χ2n) is 4.22. The van der Waals surface area contributed by atoms with E-state index in [1.54, 1.807) is 21.3 Å². The molecule has 0 saturated heterocycles. The minimum absolute atomic E-state index is 0.0479. The van der Waals surface area contributed by atoms with E-state index in [9.17, 15) is 0 Å². The first-order valence-electron chi connectivity index (χ1n) is 6.26. The molecular formula is C15H29NO2. The maximum Gasteiger partial charge on any atom is 0.118 e. The molecule has 0 aliphatic rings. The number of hydrogen-bond donors (Lipinski definition) is 1. The van der Waals surface area contributed by atoms with Crippen molar-refractivity contribution in [3.05, 3.63) is 29.8 Å². The molecule has 0 unspecified atom stereocenters. The molecule has 0 spiro atoms. The number of rotatable bonds is 3. The van der Waals surface area contributed by atoms with Crippen LogP contribution in [0, 0.1) is 0 Å². The normalized spacial score (nSPS) is 9.56. The lowest BCUT2D eigenvalue weighted by atomic mass is 9.85. The molecule has 0 atom stereocenters. The van der Waals surface area contributed by atoms with Crippen molar-refractivity contribution in [2.75, 3.05) is 27.9 Å². The fraction of sp³-hybridized carbons (Fsp3) is 0.600. The van der Waals surface area contributed by atoms with Gasteiger partial charge in [0.1, 0.15) is 5.75 Å². The van der Waals surface area contributed by atoms with Crippen LogP contribution in [0.4, 0.5) is 0 Å². The molecule has 0 fully saturated rings. The zero-order valence-electron chi connectivity index (χ0n) is 12.9. The van der Waals surface area contributed by atoms with Gasteiger partial charge in [0.15, 0.2) is 0 Å². The summed E-state index contributed by atoms with van der Waals surface area (Å²) in [6.07, 6.45) is 0. The van der Waals surface area contributed by atoms with E-state index in [4.69, 9.17) is 10.5 Å². The first-order chi connectivity index (χ1) is 8.51. The van der Waals surface area contributed by atoms with Gasteiger partial charge in [-0.1, -0.05) is 39.8 Å². The van der Waals surface area contributed by atoms with Crippen LogP contribution >= 0.6 is 0 Å². The molecule has 3 nitrogen and oxygen atoms in total. The zero-order chi connectivity index (χ0) is 14.6. The van der Waals surface area contributed by atoms with Crippen molar-refractivity contribution >= 4 is 0 Å². The third kappa shape index (κ3) is 7.30. The molecule has 0 amide bonds. The van der Waals surface area contributed by atoms with Crippen molar-refractivity contribution in [2.24, 2.45) is 5.73 Å². The van der Waals surface area contributed by atoms with E-state index in [1.807, 2.05) is 26.0 Å². The van der Waals surface area contributed by atoms with Crippen molar-refractivity contribution in [3.8, 4) is 5.75 Å². The molecule has 1 aromatic rings. The van der Waals surface area contributed by atoms with E-state index < -0.39 is 0 Å². The van der Waals surface area contributed by atoms with E-state index in [0.29, 0.717) is 6.54 Å². The summed E-state index contributed by atoms with van der Waals surface area (Å²) in [5, 5.41) is 0. The van der Waals surface area contributed by atoms with Crippen LogP contribution in [0.15, 0.2) is 24.3 Å². The van der Waals surface area contributed by atoms with Crippen LogP contribution in [0.3, 0.4) is 0 Å². The van der Waals surface area contributed by atoms with Gasteiger partial charge < -0.3 is 15.2 Å². The van der Waals surface area contributed by atoms with Crippen LogP contribution in [-0.2, 0) is 10.2 Å². The SMILES string of the molecule is CC.COC.COc1ccc(C(C)(C)CN)cc1. The summed E-state index contributed by atoms with van der Waals surface area (Å²) in [4.78, 5) is 0. The maximum atomic E-state index is 5.68. The summed E-state index contributed by atoms with van der Waals surface area (Å²) in [7, 11) is 4.92. The van der Waals surface area contributed by atoms with Crippen molar-refractivity contribution in [1.29, 1.82) is 0 Å². The summed E-state index contributed by atoms with van der Waals surface area (Å²) in [6.45, 7) is 8.92. The minimum atomic E-state index is 0.0479. The number of hydrogen-bond acceptors (Lipinski definition) is 3. The summed E-state index contributed by atoms with van der Waals surface area (Å²) in [6, 6.07) is 8.05. The van der Waals surface area contributed by atoms with Gasteiger partial charge in [-0.15, -0.1) is 0 Å². The summed E-state index contributed by atoms with van der Waals surface area (Å²) in [5.74, 6) is 0.886. The van der Waals surface area contributed by atoms with Gasteiger partial charge in [-0.3, -0.25) is 0 Å². The smallest absolute Gasteiger partial charge is 0.118 e. The van der Waals surface area contributed by atoms with Crippen LogP contribution in [0.25, 0.3) is 0 Å². The first kappa shape index (κ1) is 19.3. The van der Waals surface area contributed by atoms with E-state index in [1.165, 1.54) is 5.56 Å². The fourth-order valence-corrected chi connectivity index (χ4v) is 1.16. The number of nitrogens with two attached hydrogens (primary N) is 1. The summed E-state index contributed by atoms with van der Waals surface area (Å²) >= 11 is 0. The van der Waals surface area contributed by atoms with Crippen LogP contribution in [0.2, 0.25) is 0 Å². The molecule has 106 valence electrons. The van der Waals surface area contributed by atoms with E-state index in [0.717, 1.165) is 5.75 Å². The van der Waals surface area contributed by atoms with Crippen molar-refractivity contribution < 1.29 is 9.47 Å². The molecule has 0 heterocycles. The molecular weight excluding hydrogens is 226 g/mol. The number of methoxy groups -OCH3 is 2. The molecule has 0 bridgehead atoms. The Morgan fingerprint density at radius 1 is 1.00 bits per heavy atom. The fourth-order valence-electron chi connectivity index (χ4n) is 1.16. The van der Waals surface area contributed by atoms with E-state index in [2.05, 4.69) is 30.7 Å². The lowest BCUT2D eigenvalue weighted by Gasteiger charge is -2.22. The van der Waals surface area contributed by atoms with Gasteiger partial charge in [-0.05, 0) is 17.7 Å². The standard InChI is InChI=1S/C11H17NO.C2H6O.C2H6/c1-11(2,8-12)9-4-6-10(13-3)7-5-9;1-3-2;1-2/h4-7H,8,12H2,1-3H3;1-2H3;1-2H3. The summed E-state index contributed by atoms with van der Waals surface area (Å²) < 4.78 is 9.33. The van der Waals surface area contributed by atoms with Gasteiger partial charge in [0, 0.05) is 26.2 Å². The van der Waals surface area contributed by atoms with E-state index in [-0.39, 0.29) is 5.41 Å². The highest BCUT2D eigenvalue weighted by Gasteiger charge is 2.17. The lowest BCUT2D eigenvalue weighted by molar-refractivity contribution is 0.277. The quantitative estimate of drug-likeness (QED) is 0.902. The summed E-state index contributed by atoms with van der Waals surface area (Å²) in [5.41, 5.74) is 6.97. The molecule has 18 heavy (non-hydrogen) atoms. The number of benzene rings is 1. The van der Waals surface area contributed by atoms with Crippen LogP contribution in [-0.4, -0.2) is 27.9 Å². The van der Waals surface area contributed by atoms with Gasteiger partial charge >= 0.3 is 0 Å². The van der Waals surface area contributed by atoms with E-state index >= 15 is 0 Å².